The van der Waals surface area contributed by atoms with E-state index in [1.165, 1.54) is 32.1 Å². The fourth-order valence-corrected chi connectivity index (χ4v) is 4.45. The normalized spacial score (nSPS) is 18.2. The van der Waals surface area contributed by atoms with E-state index in [2.05, 4.69) is 0 Å². The molecule has 0 N–H and O–H groups in total. The second kappa shape index (κ2) is 10.4. The Kier molecular flexibility index (Phi) is 7.86. The average molecular weight is 427 g/mol. The molecule has 1 aromatic rings. The maximum atomic E-state index is 12.5. The lowest BCUT2D eigenvalue weighted by Crippen LogP contribution is -2.51. The summed E-state index contributed by atoms with van der Waals surface area (Å²) in [5.74, 6) is 1.29. The highest BCUT2D eigenvalue weighted by molar-refractivity contribution is 6.35. The van der Waals surface area contributed by atoms with Crippen molar-refractivity contribution in [2.24, 2.45) is 5.92 Å². The third-order valence-corrected chi connectivity index (χ3v) is 6.25. The molecule has 2 aliphatic rings. The lowest BCUT2D eigenvalue weighted by Gasteiger charge is -2.35. The van der Waals surface area contributed by atoms with E-state index in [0.717, 1.165) is 12.3 Å². The molecule has 0 atom stereocenters. The first-order valence-corrected chi connectivity index (χ1v) is 10.9. The lowest BCUT2D eigenvalue weighted by atomic mass is 9.86. The first-order valence-electron chi connectivity index (χ1n) is 10.2. The molecule has 1 aliphatic carbocycles. The van der Waals surface area contributed by atoms with Crippen LogP contribution in [0.4, 0.5) is 0 Å². The number of ether oxygens (including phenoxy) is 1. The molecule has 154 valence electrons. The summed E-state index contributed by atoms with van der Waals surface area (Å²) in [6.45, 7) is 2.21. The summed E-state index contributed by atoms with van der Waals surface area (Å²) in [4.78, 5) is 28.5. The van der Waals surface area contributed by atoms with Gasteiger partial charge in [0.2, 0.25) is 5.91 Å². The van der Waals surface area contributed by atoms with Crippen molar-refractivity contribution in [3.05, 3.63) is 28.2 Å². The topological polar surface area (TPSA) is 49.9 Å². The van der Waals surface area contributed by atoms with Gasteiger partial charge in [0.1, 0.15) is 5.75 Å². The number of nitrogens with zero attached hydrogens (tertiary/aromatic N) is 2. The summed E-state index contributed by atoms with van der Waals surface area (Å²) in [5, 5.41) is 0.904. The summed E-state index contributed by atoms with van der Waals surface area (Å²) < 4.78 is 5.52. The zero-order chi connectivity index (χ0) is 19.9. The molecule has 0 aromatic heterocycles. The van der Waals surface area contributed by atoms with Crippen LogP contribution >= 0.6 is 23.2 Å². The molecule has 1 heterocycles. The molecule has 3 rings (SSSR count). The molecule has 1 aromatic carbocycles. The van der Waals surface area contributed by atoms with Gasteiger partial charge in [-0.15, -0.1) is 0 Å². The number of amides is 2. The van der Waals surface area contributed by atoms with E-state index >= 15 is 0 Å². The van der Waals surface area contributed by atoms with Crippen molar-refractivity contribution in [2.45, 2.75) is 44.9 Å². The molecular weight excluding hydrogens is 399 g/mol. The van der Waals surface area contributed by atoms with Crippen LogP contribution in [0.15, 0.2) is 18.2 Å². The summed E-state index contributed by atoms with van der Waals surface area (Å²) in [5.41, 5.74) is 0. The van der Waals surface area contributed by atoms with Gasteiger partial charge < -0.3 is 14.5 Å². The van der Waals surface area contributed by atoms with Crippen molar-refractivity contribution in [2.75, 3.05) is 32.8 Å². The molecule has 2 amide bonds. The minimum absolute atomic E-state index is 0.0724. The number of rotatable bonds is 6. The van der Waals surface area contributed by atoms with E-state index in [4.69, 9.17) is 27.9 Å². The van der Waals surface area contributed by atoms with Crippen molar-refractivity contribution in [3.63, 3.8) is 0 Å². The van der Waals surface area contributed by atoms with Gasteiger partial charge >= 0.3 is 0 Å². The molecule has 5 nitrogen and oxygen atoms in total. The predicted octanol–water partition coefficient (Wildman–Crippen LogP) is 4.40. The Morgan fingerprint density at radius 1 is 0.964 bits per heavy atom. The van der Waals surface area contributed by atoms with Gasteiger partial charge in [-0.1, -0.05) is 55.3 Å². The smallest absolute Gasteiger partial charge is 0.260 e. The van der Waals surface area contributed by atoms with Gasteiger partial charge in [0.05, 0.1) is 5.02 Å². The molecule has 0 unspecified atom stereocenters. The highest BCUT2D eigenvalue weighted by atomic mass is 35.5. The summed E-state index contributed by atoms with van der Waals surface area (Å²) in [7, 11) is 0. The van der Waals surface area contributed by atoms with E-state index in [1.54, 1.807) is 23.1 Å². The standard InChI is InChI=1S/C21H28Cl2N2O3/c22-17-7-8-19(18(23)14-17)28-15-21(27)25-12-10-24(11-13-25)20(26)9-6-16-4-2-1-3-5-16/h7-8,14,16H,1-6,9-13,15H2. The van der Waals surface area contributed by atoms with Gasteiger partial charge in [-0.25, -0.2) is 0 Å². The zero-order valence-corrected chi connectivity index (χ0v) is 17.7. The second-order valence-electron chi connectivity index (χ2n) is 7.67. The fraction of sp³-hybridized carbons (Fsp3) is 0.619. The molecule has 0 spiro atoms. The number of hydrogen-bond donors (Lipinski definition) is 0. The Morgan fingerprint density at radius 3 is 2.25 bits per heavy atom. The van der Waals surface area contributed by atoms with Crippen molar-refractivity contribution in [1.29, 1.82) is 0 Å². The van der Waals surface area contributed by atoms with E-state index in [9.17, 15) is 9.59 Å². The van der Waals surface area contributed by atoms with E-state index in [0.29, 0.717) is 48.4 Å². The lowest BCUT2D eigenvalue weighted by molar-refractivity contribution is -0.140. The molecule has 28 heavy (non-hydrogen) atoms. The van der Waals surface area contributed by atoms with Crippen LogP contribution in [-0.2, 0) is 9.59 Å². The van der Waals surface area contributed by atoms with Crippen LogP contribution in [-0.4, -0.2) is 54.4 Å². The van der Waals surface area contributed by atoms with Crippen molar-refractivity contribution in [3.8, 4) is 5.75 Å². The number of halogens is 2. The van der Waals surface area contributed by atoms with Crippen molar-refractivity contribution in [1.82, 2.24) is 9.80 Å². The molecule has 1 aliphatic heterocycles. The van der Waals surface area contributed by atoms with Gasteiger partial charge in [0.15, 0.2) is 6.61 Å². The van der Waals surface area contributed by atoms with Crippen LogP contribution in [0.2, 0.25) is 10.0 Å². The van der Waals surface area contributed by atoms with Crippen molar-refractivity contribution < 1.29 is 14.3 Å². The summed E-state index contributed by atoms with van der Waals surface area (Å²) >= 11 is 11.9. The molecule has 2 fully saturated rings. The molecule has 0 radical (unpaired) electrons. The van der Waals surface area contributed by atoms with Gasteiger partial charge in [0.25, 0.3) is 5.91 Å². The Morgan fingerprint density at radius 2 is 1.61 bits per heavy atom. The van der Waals surface area contributed by atoms with E-state index in [1.807, 2.05) is 4.90 Å². The average Bonchev–Trinajstić information content (AvgIpc) is 2.72. The van der Waals surface area contributed by atoms with Crippen LogP contribution in [0.25, 0.3) is 0 Å². The minimum Gasteiger partial charge on any atom is -0.482 e. The van der Waals surface area contributed by atoms with Gasteiger partial charge in [-0.05, 0) is 30.5 Å². The largest absolute Gasteiger partial charge is 0.482 e. The molecule has 1 saturated carbocycles. The third kappa shape index (κ3) is 6.02. The SMILES string of the molecule is O=C(CCC1CCCCC1)N1CCN(C(=O)COc2ccc(Cl)cc2Cl)CC1. The van der Waals surface area contributed by atoms with Crippen LogP contribution in [0.3, 0.4) is 0 Å². The second-order valence-corrected chi connectivity index (χ2v) is 8.51. The molecule has 7 heteroatoms. The number of carbonyl (C=O) groups is 2. The molecule has 0 bridgehead atoms. The predicted molar refractivity (Wildman–Crippen MR) is 111 cm³/mol. The van der Waals surface area contributed by atoms with E-state index < -0.39 is 0 Å². The fourth-order valence-electron chi connectivity index (χ4n) is 3.99. The maximum absolute atomic E-state index is 12.5. The highest BCUT2D eigenvalue weighted by Crippen LogP contribution is 2.28. The first-order chi connectivity index (χ1) is 13.5. The quantitative estimate of drug-likeness (QED) is 0.676. The summed E-state index contributed by atoms with van der Waals surface area (Å²) in [6.07, 6.45) is 8.14. The zero-order valence-electron chi connectivity index (χ0n) is 16.2. The van der Waals surface area contributed by atoms with Crippen LogP contribution in [0.5, 0.6) is 5.75 Å². The first kappa shape index (κ1) is 21.3. The maximum Gasteiger partial charge on any atom is 0.260 e. The number of benzene rings is 1. The van der Waals surface area contributed by atoms with Gasteiger partial charge in [0, 0.05) is 37.6 Å². The van der Waals surface area contributed by atoms with Crippen LogP contribution in [0.1, 0.15) is 44.9 Å². The Labute approximate surface area is 176 Å². The number of hydrogen-bond acceptors (Lipinski definition) is 3. The Bertz CT molecular complexity index is 684. The third-order valence-electron chi connectivity index (χ3n) is 5.72. The van der Waals surface area contributed by atoms with Crippen LogP contribution < -0.4 is 4.74 Å². The molecule has 1 saturated heterocycles. The van der Waals surface area contributed by atoms with Gasteiger partial charge in [-0.2, -0.15) is 0 Å². The van der Waals surface area contributed by atoms with E-state index in [-0.39, 0.29) is 18.4 Å². The number of piperazine rings is 1. The van der Waals surface area contributed by atoms with Crippen molar-refractivity contribution >= 4 is 35.0 Å². The Balaban J connectivity index is 1.37. The minimum atomic E-state index is -0.0969. The van der Waals surface area contributed by atoms with Crippen LogP contribution in [0, 0.1) is 5.92 Å². The monoisotopic (exact) mass is 426 g/mol. The summed E-state index contributed by atoms with van der Waals surface area (Å²) in [6, 6.07) is 4.91. The highest BCUT2D eigenvalue weighted by Gasteiger charge is 2.25. The number of carbonyl (C=O) groups excluding carboxylic acids is 2. The van der Waals surface area contributed by atoms with Gasteiger partial charge in [-0.3, -0.25) is 9.59 Å². The Hall–Kier alpha value is -1.46. The molecular formula is C21H28Cl2N2O3.